The Hall–Kier alpha value is -3.14. The fourth-order valence-electron chi connectivity index (χ4n) is 3.55. The molecule has 158 valence electrons. The number of piperidine rings is 1. The lowest BCUT2D eigenvalue weighted by atomic mass is 9.96. The molecule has 9 nitrogen and oxygen atoms in total. The largest absolute Gasteiger partial charge is 0.497 e. The molecular formula is C20H23N5O4S. The summed E-state index contributed by atoms with van der Waals surface area (Å²) in [6.07, 6.45) is 2.82. The highest BCUT2D eigenvalue weighted by atomic mass is 32.1. The van der Waals surface area contributed by atoms with Crippen LogP contribution in [0.15, 0.2) is 29.3 Å². The zero-order valence-corrected chi connectivity index (χ0v) is 17.6. The van der Waals surface area contributed by atoms with Gasteiger partial charge in [-0.25, -0.2) is 4.98 Å². The van der Waals surface area contributed by atoms with Gasteiger partial charge in [-0.15, -0.1) is 0 Å². The number of fused-ring (bicyclic) bond motifs is 1. The Kier molecular flexibility index (Phi) is 5.84. The van der Waals surface area contributed by atoms with Gasteiger partial charge in [0.25, 0.3) is 5.56 Å². The number of nitrogens with zero attached hydrogens (tertiary/aromatic N) is 3. The number of ether oxygens (including phenoxy) is 2. The molecule has 1 aliphatic heterocycles. The minimum absolute atomic E-state index is 0.0370. The maximum absolute atomic E-state index is 12.7. The predicted molar refractivity (Wildman–Crippen MR) is 114 cm³/mol. The van der Waals surface area contributed by atoms with Crippen molar-refractivity contribution in [2.45, 2.75) is 19.4 Å². The van der Waals surface area contributed by atoms with Crippen LogP contribution >= 0.6 is 11.3 Å². The first-order chi connectivity index (χ1) is 14.6. The van der Waals surface area contributed by atoms with E-state index in [0.29, 0.717) is 41.5 Å². The van der Waals surface area contributed by atoms with E-state index in [1.165, 1.54) is 17.7 Å². The van der Waals surface area contributed by atoms with Crippen molar-refractivity contribution in [3.05, 3.63) is 40.4 Å². The van der Waals surface area contributed by atoms with Crippen LogP contribution in [-0.4, -0.2) is 48.2 Å². The third-order valence-electron chi connectivity index (χ3n) is 5.27. The van der Waals surface area contributed by atoms with Gasteiger partial charge in [0.15, 0.2) is 10.8 Å². The summed E-state index contributed by atoms with van der Waals surface area (Å²) in [5, 5.41) is 3.79. The Bertz CT molecular complexity index is 1100. The number of aromatic nitrogens is 3. The lowest BCUT2D eigenvalue weighted by Crippen LogP contribution is -2.40. The van der Waals surface area contributed by atoms with Gasteiger partial charge in [0, 0.05) is 37.2 Å². The number of carbonyl (C=O) groups is 1. The SMILES string of the molecule is COc1ccc(CNC(=O)C2CCN(c3nc4nc[nH]c(=O)c4s3)CC2)c(OC)c1. The van der Waals surface area contributed by atoms with Crippen LogP contribution in [0.4, 0.5) is 5.13 Å². The first-order valence-corrected chi connectivity index (χ1v) is 10.5. The Morgan fingerprint density at radius 2 is 2.10 bits per heavy atom. The Balaban J connectivity index is 1.34. The number of benzene rings is 1. The molecule has 2 aromatic heterocycles. The molecule has 10 heteroatoms. The fraction of sp³-hybridized carbons (Fsp3) is 0.400. The summed E-state index contributed by atoms with van der Waals surface area (Å²) >= 11 is 1.34. The second-order valence-electron chi connectivity index (χ2n) is 7.04. The number of hydrogen-bond donors (Lipinski definition) is 2. The number of rotatable bonds is 6. The van der Waals surface area contributed by atoms with Gasteiger partial charge in [0.2, 0.25) is 5.91 Å². The predicted octanol–water partition coefficient (Wildman–Crippen LogP) is 1.93. The van der Waals surface area contributed by atoms with Crippen LogP contribution in [0.25, 0.3) is 10.3 Å². The Morgan fingerprint density at radius 3 is 2.80 bits per heavy atom. The molecule has 1 fully saturated rings. The van der Waals surface area contributed by atoms with Crippen LogP contribution < -0.4 is 25.2 Å². The van der Waals surface area contributed by atoms with Gasteiger partial charge in [-0.05, 0) is 25.0 Å². The van der Waals surface area contributed by atoms with Crippen LogP contribution in [0.3, 0.4) is 0 Å². The van der Waals surface area contributed by atoms with Crippen molar-refractivity contribution in [2.24, 2.45) is 5.92 Å². The Morgan fingerprint density at radius 1 is 1.30 bits per heavy atom. The maximum Gasteiger partial charge on any atom is 0.270 e. The fourth-order valence-corrected chi connectivity index (χ4v) is 4.51. The molecule has 2 N–H and O–H groups in total. The van der Waals surface area contributed by atoms with E-state index >= 15 is 0 Å². The van der Waals surface area contributed by atoms with Gasteiger partial charge >= 0.3 is 0 Å². The third kappa shape index (κ3) is 4.09. The van der Waals surface area contributed by atoms with Crippen LogP contribution in [0.2, 0.25) is 0 Å². The van der Waals surface area contributed by atoms with E-state index in [0.717, 1.165) is 23.5 Å². The first kappa shape index (κ1) is 20.1. The van der Waals surface area contributed by atoms with Gasteiger partial charge in [-0.2, -0.15) is 4.98 Å². The molecule has 0 unspecified atom stereocenters. The topological polar surface area (TPSA) is 109 Å². The van der Waals surface area contributed by atoms with E-state index in [9.17, 15) is 9.59 Å². The summed E-state index contributed by atoms with van der Waals surface area (Å²) < 4.78 is 11.1. The number of carbonyl (C=O) groups excluding carboxylic acids is 1. The number of amides is 1. The first-order valence-electron chi connectivity index (χ1n) is 9.67. The number of H-pyrrole nitrogens is 1. The summed E-state index contributed by atoms with van der Waals surface area (Å²) in [4.78, 5) is 37.8. The molecule has 1 saturated heterocycles. The number of methoxy groups -OCH3 is 2. The van der Waals surface area contributed by atoms with Crippen molar-refractivity contribution < 1.29 is 14.3 Å². The highest BCUT2D eigenvalue weighted by Crippen LogP contribution is 2.29. The van der Waals surface area contributed by atoms with E-state index in [4.69, 9.17) is 9.47 Å². The lowest BCUT2D eigenvalue weighted by Gasteiger charge is -2.31. The zero-order valence-electron chi connectivity index (χ0n) is 16.8. The maximum atomic E-state index is 12.7. The summed E-state index contributed by atoms with van der Waals surface area (Å²) in [7, 11) is 3.20. The second kappa shape index (κ2) is 8.70. The van der Waals surface area contributed by atoms with Crippen LogP contribution in [-0.2, 0) is 11.3 Å². The molecule has 4 rings (SSSR count). The van der Waals surface area contributed by atoms with Gasteiger partial charge in [-0.1, -0.05) is 11.3 Å². The molecule has 1 aromatic carbocycles. The highest BCUT2D eigenvalue weighted by Gasteiger charge is 2.27. The summed E-state index contributed by atoms with van der Waals surface area (Å²) in [5.41, 5.74) is 1.19. The minimum atomic E-state index is -0.174. The monoisotopic (exact) mass is 429 g/mol. The second-order valence-corrected chi connectivity index (χ2v) is 8.02. The lowest BCUT2D eigenvalue weighted by molar-refractivity contribution is -0.125. The van der Waals surface area contributed by atoms with E-state index in [1.54, 1.807) is 20.3 Å². The van der Waals surface area contributed by atoms with E-state index in [2.05, 4.69) is 25.2 Å². The molecule has 0 bridgehead atoms. The molecular weight excluding hydrogens is 406 g/mol. The van der Waals surface area contributed by atoms with Gasteiger partial charge in [0.05, 0.1) is 20.5 Å². The van der Waals surface area contributed by atoms with Crippen molar-refractivity contribution in [3.63, 3.8) is 0 Å². The molecule has 1 aliphatic rings. The van der Waals surface area contributed by atoms with E-state index in [1.807, 2.05) is 12.1 Å². The number of nitrogens with one attached hydrogen (secondary N) is 2. The van der Waals surface area contributed by atoms with Crippen molar-refractivity contribution in [3.8, 4) is 11.5 Å². The number of hydrogen-bond acceptors (Lipinski definition) is 8. The quantitative estimate of drug-likeness (QED) is 0.616. The number of anilines is 1. The molecule has 3 heterocycles. The van der Waals surface area contributed by atoms with Crippen LogP contribution in [0, 0.1) is 5.92 Å². The van der Waals surface area contributed by atoms with Crippen LogP contribution in [0.1, 0.15) is 18.4 Å². The van der Waals surface area contributed by atoms with Gasteiger partial charge < -0.3 is 24.7 Å². The molecule has 0 atom stereocenters. The average Bonchev–Trinajstić information content (AvgIpc) is 3.23. The average molecular weight is 430 g/mol. The molecule has 3 aromatic rings. The normalized spacial score (nSPS) is 14.7. The van der Waals surface area contributed by atoms with Crippen molar-refractivity contribution in [1.82, 2.24) is 20.3 Å². The standard InChI is InChI=1S/C20H23N5O4S/c1-28-14-4-3-13(15(9-14)29-2)10-21-18(26)12-5-7-25(8-6-12)20-24-17-16(30-20)19(27)23-11-22-17/h3-4,9,11-12H,5-8,10H2,1-2H3,(H,21,26)(H,22,23,27). The van der Waals surface area contributed by atoms with Gasteiger partial charge in [0.1, 0.15) is 16.2 Å². The van der Waals surface area contributed by atoms with Gasteiger partial charge in [-0.3, -0.25) is 9.59 Å². The molecule has 30 heavy (non-hydrogen) atoms. The minimum Gasteiger partial charge on any atom is -0.497 e. The summed E-state index contributed by atoms with van der Waals surface area (Å²) in [6, 6.07) is 5.54. The van der Waals surface area contributed by atoms with Crippen molar-refractivity contribution in [2.75, 3.05) is 32.2 Å². The molecule has 1 amide bonds. The smallest absolute Gasteiger partial charge is 0.270 e. The van der Waals surface area contributed by atoms with Crippen molar-refractivity contribution >= 4 is 32.7 Å². The zero-order chi connectivity index (χ0) is 21.1. The van der Waals surface area contributed by atoms with E-state index < -0.39 is 0 Å². The third-order valence-corrected chi connectivity index (χ3v) is 6.37. The van der Waals surface area contributed by atoms with Crippen LogP contribution in [0.5, 0.6) is 11.5 Å². The highest BCUT2D eigenvalue weighted by molar-refractivity contribution is 7.22. The number of aromatic amines is 1. The Labute approximate surface area is 177 Å². The summed E-state index contributed by atoms with van der Waals surface area (Å²) in [5.74, 6) is 1.38. The summed E-state index contributed by atoms with van der Waals surface area (Å²) in [6.45, 7) is 1.82. The molecule has 0 aliphatic carbocycles. The number of thiazole rings is 1. The molecule has 0 spiro atoms. The molecule has 0 saturated carbocycles. The molecule has 0 radical (unpaired) electrons. The van der Waals surface area contributed by atoms with Crippen molar-refractivity contribution in [1.29, 1.82) is 0 Å². The van der Waals surface area contributed by atoms with E-state index in [-0.39, 0.29) is 17.4 Å².